The first-order chi connectivity index (χ1) is 9.54. The number of nitrogens with one attached hydrogen (secondary N) is 1. The van der Waals surface area contributed by atoms with Crippen LogP contribution in [0.3, 0.4) is 0 Å². The Morgan fingerprint density at radius 1 is 1.35 bits per heavy atom. The molecule has 20 heavy (non-hydrogen) atoms. The summed E-state index contributed by atoms with van der Waals surface area (Å²) in [7, 11) is 1.59. The van der Waals surface area contributed by atoms with E-state index < -0.39 is 12.0 Å². The van der Waals surface area contributed by atoms with Gasteiger partial charge < -0.3 is 15.2 Å². The van der Waals surface area contributed by atoms with Crippen molar-refractivity contribution in [3.63, 3.8) is 0 Å². The molecule has 1 aromatic carbocycles. The number of benzene rings is 1. The first-order valence-electron chi connectivity index (χ1n) is 6.28. The molecule has 0 saturated heterocycles. The molecule has 110 valence electrons. The number of Topliss-reactive ketones (excluding diaryl/α,β-unsaturated/α-hetero) is 1. The van der Waals surface area contributed by atoms with E-state index >= 15 is 0 Å². The first kappa shape index (κ1) is 16.6. The highest BCUT2D eigenvalue weighted by Gasteiger charge is 2.22. The summed E-state index contributed by atoms with van der Waals surface area (Å²) in [6, 6.07) is 5.66. The van der Waals surface area contributed by atoms with Crippen molar-refractivity contribution in [1.82, 2.24) is 5.32 Å². The molecule has 0 saturated carbocycles. The van der Waals surface area contributed by atoms with Gasteiger partial charge in [0.2, 0.25) is 0 Å². The molecule has 0 radical (unpaired) electrons. The van der Waals surface area contributed by atoms with Crippen molar-refractivity contribution in [2.45, 2.75) is 18.9 Å². The number of hydrogen-bond donors (Lipinski definition) is 2. The zero-order valence-corrected chi connectivity index (χ0v) is 12.0. The van der Waals surface area contributed by atoms with Gasteiger partial charge in [-0.15, -0.1) is 0 Å². The number of carboxylic acid groups (broad SMARTS) is 1. The highest BCUT2D eigenvalue weighted by molar-refractivity contribution is 6.30. The van der Waals surface area contributed by atoms with Gasteiger partial charge in [0, 0.05) is 24.3 Å². The van der Waals surface area contributed by atoms with Crippen LogP contribution in [0.25, 0.3) is 0 Å². The average molecular weight is 300 g/mol. The SMILES string of the molecule is COCCCNC(CC(=O)O)C(=O)c1ccc(Cl)cc1. The molecule has 1 atom stereocenters. The molecule has 0 fully saturated rings. The molecule has 5 nitrogen and oxygen atoms in total. The molecule has 1 unspecified atom stereocenters. The number of halogens is 1. The molecule has 1 rings (SSSR count). The third-order valence-electron chi connectivity index (χ3n) is 2.74. The van der Waals surface area contributed by atoms with Gasteiger partial charge in [-0.1, -0.05) is 11.6 Å². The monoisotopic (exact) mass is 299 g/mol. The van der Waals surface area contributed by atoms with Crippen LogP contribution in [0.15, 0.2) is 24.3 Å². The number of ether oxygens (including phenoxy) is 1. The topological polar surface area (TPSA) is 75.6 Å². The van der Waals surface area contributed by atoms with Gasteiger partial charge in [0.05, 0.1) is 12.5 Å². The molecule has 2 N–H and O–H groups in total. The quantitative estimate of drug-likeness (QED) is 0.539. The second-order valence-electron chi connectivity index (χ2n) is 4.32. The maximum absolute atomic E-state index is 12.3. The van der Waals surface area contributed by atoms with Crippen LogP contribution in [0.5, 0.6) is 0 Å². The van der Waals surface area contributed by atoms with Crippen LogP contribution in [0.4, 0.5) is 0 Å². The number of ketones is 1. The molecular formula is C14H18ClNO4. The van der Waals surface area contributed by atoms with Gasteiger partial charge in [-0.25, -0.2) is 0 Å². The summed E-state index contributed by atoms with van der Waals surface area (Å²) in [6.45, 7) is 1.08. The normalized spacial score (nSPS) is 12.1. The summed E-state index contributed by atoms with van der Waals surface area (Å²) in [5, 5.41) is 12.4. The van der Waals surface area contributed by atoms with Crippen LogP contribution in [-0.2, 0) is 9.53 Å². The van der Waals surface area contributed by atoms with Crippen LogP contribution >= 0.6 is 11.6 Å². The Morgan fingerprint density at radius 3 is 2.55 bits per heavy atom. The van der Waals surface area contributed by atoms with E-state index in [2.05, 4.69) is 5.32 Å². The van der Waals surface area contributed by atoms with E-state index in [9.17, 15) is 9.59 Å². The number of hydrogen-bond acceptors (Lipinski definition) is 4. The van der Waals surface area contributed by atoms with Crippen molar-refractivity contribution in [2.24, 2.45) is 0 Å². The van der Waals surface area contributed by atoms with E-state index in [0.717, 1.165) is 0 Å². The molecule has 0 heterocycles. The fourth-order valence-corrected chi connectivity index (χ4v) is 1.87. The zero-order chi connectivity index (χ0) is 15.0. The van der Waals surface area contributed by atoms with E-state index in [1.54, 1.807) is 31.4 Å². The predicted octanol–water partition coefficient (Wildman–Crippen LogP) is 1.99. The van der Waals surface area contributed by atoms with Crippen molar-refractivity contribution in [1.29, 1.82) is 0 Å². The Morgan fingerprint density at radius 2 is 2.00 bits per heavy atom. The minimum absolute atomic E-state index is 0.249. The summed E-state index contributed by atoms with van der Waals surface area (Å²) >= 11 is 5.76. The molecule has 0 spiro atoms. The lowest BCUT2D eigenvalue weighted by molar-refractivity contribution is -0.137. The number of methoxy groups -OCH3 is 1. The number of carbonyl (C=O) groups is 2. The highest BCUT2D eigenvalue weighted by Crippen LogP contribution is 2.12. The van der Waals surface area contributed by atoms with Crippen LogP contribution in [0.1, 0.15) is 23.2 Å². The lowest BCUT2D eigenvalue weighted by Crippen LogP contribution is -2.39. The minimum atomic E-state index is -1.02. The molecule has 1 aromatic rings. The summed E-state index contributed by atoms with van der Waals surface area (Å²) in [4.78, 5) is 23.1. The van der Waals surface area contributed by atoms with E-state index in [4.69, 9.17) is 21.4 Å². The maximum atomic E-state index is 12.3. The Labute approximate surface area is 122 Å². The zero-order valence-electron chi connectivity index (χ0n) is 11.3. The Hall–Kier alpha value is -1.43. The first-order valence-corrected chi connectivity index (χ1v) is 6.66. The van der Waals surface area contributed by atoms with Crippen molar-refractivity contribution in [3.8, 4) is 0 Å². The second kappa shape index (κ2) is 8.68. The van der Waals surface area contributed by atoms with Crippen molar-refractivity contribution >= 4 is 23.4 Å². The predicted molar refractivity (Wildman–Crippen MR) is 76.3 cm³/mol. The molecule has 6 heteroatoms. The Kier molecular flexibility index (Phi) is 7.22. The van der Waals surface area contributed by atoms with Gasteiger partial charge in [-0.2, -0.15) is 0 Å². The molecule has 0 aromatic heterocycles. The van der Waals surface area contributed by atoms with Gasteiger partial charge in [0.25, 0.3) is 0 Å². The molecular weight excluding hydrogens is 282 g/mol. The fraction of sp³-hybridized carbons (Fsp3) is 0.429. The lowest BCUT2D eigenvalue weighted by atomic mass is 10.0. The lowest BCUT2D eigenvalue weighted by Gasteiger charge is -2.15. The Bertz CT molecular complexity index is 447. The minimum Gasteiger partial charge on any atom is -0.481 e. The Balaban J connectivity index is 2.68. The summed E-state index contributed by atoms with van der Waals surface area (Å²) < 4.78 is 4.91. The summed E-state index contributed by atoms with van der Waals surface area (Å²) in [6.07, 6.45) is 0.453. The van der Waals surface area contributed by atoms with Crippen LogP contribution in [-0.4, -0.2) is 43.2 Å². The third kappa shape index (κ3) is 5.69. The van der Waals surface area contributed by atoms with E-state index in [1.165, 1.54) is 0 Å². The van der Waals surface area contributed by atoms with E-state index in [-0.39, 0.29) is 12.2 Å². The van der Waals surface area contributed by atoms with E-state index in [0.29, 0.717) is 30.2 Å². The molecule has 0 aliphatic rings. The third-order valence-corrected chi connectivity index (χ3v) is 2.99. The number of carbonyl (C=O) groups excluding carboxylic acids is 1. The smallest absolute Gasteiger partial charge is 0.305 e. The molecule has 0 amide bonds. The summed E-state index contributed by atoms with van der Waals surface area (Å²) in [5.41, 5.74) is 0.444. The number of rotatable bonds is 9. The molecule has 0 aliphatic heterocycles. The average Bonchev–Trinajstić information content (AvgIpc) is 2.42. The van der Waals surface area contributed by atoms with Gasteiger partial charge >= 0.3 is 5.97 Å². The highest BCUT2D eigenvalue weighted by atomic mass is 35.5. The standard InChI is InChI=1S/C14H18ClNO4/c1-20-8-2-7-16-12(9-13(17)18)14(19)10-3-5-11(15)6-4-10/h3-6,12,16H,2,7-9H2,1H3,(H,17,18). The molecule has 0 aliphatic carbocycles. The second-order valence-corrected chi connectivity index (χ2v) is 4.76. The number of carboxylic acids is 1. The number of aliphatic carboxylic acids is 1. The maximum Gasteiger partial charge on any atom is 0.305 e. The van der Waals surface area contributed by atoms with Gasteiger partial charge in [-0.05, 0) is 37.2 Å². The van der Waals surface area contributed by atoms with Crippen molar-refractivity contribution < 1.29 is 19.4 Å². The largest absolute Gasteiger partial charge is 0.481 e. The summed E-state index contributed by atoms with van der Waals surface area (Å²) in [5.74, 6) is -1.27. The fourth-order valence-electron chi connectivity index (χ4n) is 1.74. The van der Waals surface area contributed by atoms with Crippen molar-refractivity contribution in [3.05, 3.63) is 34.9 Å². The van der Waals surface area contributed by atoms with Crippen LogP contribution in [0.2, 0.25) is 5.02 Å². The van der Waals surface area contributed by atoms with Gasteiger partial charge in [-0.3, -0.25) is 9.59 Å². The molecule has 0 bridgehead atoms. The van der Waals surface area contributed by atoms with Crippen molar-refractivity contribution in [2.75, 3.05) is 20.3 Å². The van der Waals surface area contributed by atoms with Gasteiger partial charge in [0.1, 0.15) is 0 Å². The van der Waals surface area contributed by atoms with E-state index in [1.807, 2.05) is 0 Å². The van der Waals surface area contributed by atoms with Crippen LogP contribution < -0.4 is 5.32 Å². The van der Waals surface area contributed by atoms with Gasteiger partial charge in [0.15, 0.2) is 5.78 Å². The van der Waals surface area contributed by atoms with Crippen LogP contribution in [0, 0.1) is 0 Å².